The van der Waals surface area contributed by atoms with Gasteiger partial charge in [-0.05, 0) is 56.5 Å². The minimum Gasteiger partial charge on any atom is -0.490 e. The topological polar surface area (TPSA) is 89.5 Å². The van der Waals surface area contributed by atoms with Crippen LogP contribution in [-0.4, -0.2) is 36.6 Å². The van der Waals surface area contributed by atoms with Gasteiger partial charge in [0.25, 0.3) is 0 Å². The molecule has 0 aliphatic heterocycles. The molecular weight excluding hydrogens is 346 g/mol. The van der Waals surface area contributed by atoms with Gasteiger partial charge >= 0.3 is 11.8 Å². The van der Waals surface area contributed by atoms with E-state index in [-0.39, 0.29) is 0 Å². The highest BCUT2D eigenvalue weighted by Gasteiger charge is 2.14. The number of aromatic nitrogens is 1. The van der Waals surface area contributed by atoms with Gasteiger partial charge in [-0.3, -0.25) is 9.59 Å². The summed E-state index contributed by atoms with van der Waals surface area (Å²) >= 11 is 0. The third-order valence-corrected chi connectivity index (χ3v) is 3.67. The molecular formula is C20H25N3O4. The molecule has 0 radical (unpaired) electrons. The quantitative estimate of drug-likeness (QED) is 0.696. The van der Waals surface area contributed by atoms with Crippen LogP contribution < -0.4 is 20.1 Å². The third kappa shape index (κ3) is 6.29. The summed E-state index contributed by atoms with van der Waals surface area (Å²) in [4.78, 5) is 27.9. The van der Waals surface area contributed by atoms with Crippen LogP contribution in [0.5, 0.6) is 11.5 Å². The lowest BCUT2D eigenvalue weighted by Crippen LogP contribution is -2.36. The summed E-state index contributed by atoms with van der Waals surface area (Å²) in [6.07, 6.45) is 2.18. The van der Waals surface area contributed by atoms with Crippen LogP contribution in [0.2, 0.25) is 0 Å². The van der Waals surface area contributed by atoms with E-state index in [1.54, 1.807) is 12.3 Å². The van der Waals surface area contributed by atoms with Crippen molar-refractivity contribution in [2.24, 2.45) is 0 Å². The van der Waals surface area contributed by atoms with Crippen LogP contribution in [0.1, 0.15) is 25.0 Å². The molecule has 1 aromatic carbocycles. The Balaban J connectivity index is 1.85. The summed E-state index contributed by atoms with van der Waals surface area (Å²) in [5.41, 5.74) is 1.95. The van der Waals surface area contributed by atoms with E-state index in [0.29, 0.717) is 43.5 Å². The first-order chi connectivity index (χ1) is 13.0. The lowest BCUT2D eigenvalue weighted by molar-refractivity contribution is -0.136. The van der Waals surface area contributed by atoms with Crippen LogP contribution in [0.15, 0.2) is 36.5 Å². The van der Waals surface area contributed by atoms with Gasteiger partial charge in [0.2, 0.25) is 0 Å². The number of hydrogen-bond acceptors (Lipinski definition) is 5. The van der Waals surface area contributed by atoms with E-state index in [0.717, 1.165) is 11.1 Å². The van der Waals surface area contributed by atoms with E-state index in [4.69, 9.17) is 9.47 Å². The van der Waals surface area contributed by atoms with E-state index in [9.17, 15) is 9.59 Å². The predicted molar refractivity (Wildman–Crippen MR) is 103 cm³/mol. The summed E-state index contributed by atoms with van der Waals surface area (Å²) in [7, 11) is 0. The molecule has 0 saturated carbocycles. The van der Waals surface area contributed by atoms with Gasteiger partial charge in [0.15, 0.2) is 11.5 Å². The molecule has 0 aliphatic rings. The molecule has 144 valence electrons. The number of nitrogens with zero attached hydrogens (tertiary/aromatic N) is 1. The Kier molecular flexibility index (Phi) is 7.61. The van der Waals surface area contributed by atoms with Crippen LogP contribution in [0.3, 0.4) is 0 Å². The number of ether oxygens (including phenoxy) is 2. The van der Waals surface area contributed by atoms with Crippen LogP contribution >= 0.6 is 0 Å². The molecule has 2 aromatic rings. The number of pyridine rings is 1. The highest BCUT2D eigenvalue weighted by Crippen LogP contribution is 2.28. The lowest BCUT2D eigenvalue weighted by atomic mass is 10.1. The van der Waals surface area contributed by atoms with E-state index < -0.39 is 11.8 Å². The van der Waals surface area contributed by atoms with Crippen molar-refractivity contribution < 1.29 is 19.1 Å². The van der Waals surface area contributed by atoms with Crippen molar-refractivity contribution in [1.29, 1.82) is 0 Å². The normalized spacial score (nSPS) is 10.2. The first kappa shape index (κ1) is 20.2. The van der Waals surface area contributed by atoms with Crippen LogP contribution in [-0.2, 0) is 16.0 Å². The highest BCUT2D eigenvalue weighted by molar-refractivity contribution is 6.39. The Morgan fingerprint density at radius 3 is 2.41 bits per heavy atom. The molecule has 0 unspecified atom stereocenters. The first-order valence-corrected chi connectivity index (χ1v) is 8.93. The molecule has 0 atom stereocenters. The molecule has 0 spiro atoms. The molecule has 1 heterocycles. The first-order valence-electron chi connectivity index (χ1n) is 8.93. The lowest BCUT2D eigenvalue weighted by Gasteiger charge is -2.12. The van der Waals surface area contributed by atoms with Gasteiger partial charge in [0, 0.05) is 12.7 Å². The molecule has 27 heavy (non-hydrogen) atoms. The van der Waals surface area contributed by atoms with Crippen molar-refractivity contribution in [2.75, 3.05) is 25.1 Å². The summed E-state index contributed by atoms with van der Waals surface area (Å²) in [5, 5.41) is 5.07. The Morgan fingerprint density at radius 2 is 1.74 bits per heavy atom. The fraction of sp³-hybridized carbons (Fsp3) is 0.350. The van der Waals surface area contributed by atoms with Crippen molar-refractivity contribution in [1.82, 2.24) is 10.3 Å². The number of amides is 2. The van der Waals surface area contributed by atoms with E-state index >= 15 is 0 Å². The minimum absolute atomic E-state index is 0.327. The van der Waals surface area contributed by atoms with Gasteiger partial charge in [0.1, 0.15) is 5.82 Å². The molecule has 0 aliphatic carbocycles. The molecule has 1 aromatic heterocycles. The second kappa shape index (κ2) is 10.2. The standard InChI is InChI=1S/C20H25N3O4/c1-4-26-16-8-7-15(12-17(16)27-5-2)10-11-21-19(24)20(25)23-18-9-6-14(3)13-22-18/h6-9,12-13H,4-5,10-11H2,1-3H3,(H,21,24)(H,22,23,25). The largest absolute Gasteiger partial charge is 0.490 e. The second-order valence-corrected chi connectivity index (χ2v) is 5.83. The Bertz CT molecular complexity index is 775. The molecule has 0 fully saturated rings. The SMILES string of the molecule is CCOc1ccc(CCNC(=O)C(=O)Nc2ccc(C)cn2)cc1OCC. The number of anilines is 1. The second-order valence-electron chi connectivity index (χ2n) is 5.83. The zero-order valence-electron chi connectivity index (χ0n) is 15.9. The van der Waals surface area contributed by atoms with Gasteiger partial charge in [-0.15, -0.1) is 0 Å². The fourth-order valence-corrected chi connectivity index (χ4v) is 2.37. The third-order valence-electron chi connectivity index (χ3n) is 3.67. The fourth-order valence-electron chi connectivity index (χ4n) is 2.37. The molecule has 7 nitrogen and oxygen atoms in total. The van der Waals surface area contributed by atoms with E-state index in [1.165, 1.54) is 0 Å². The number of benzene rings is 1. The van der Waals surface area contributed by atoms with Crippen LogP contribution in [0, 0.1) is 6.92 Å². The zero-order chi connectivity index (χ0) is 19.6. The van der Waals surface area contributed by atoms with Gasteiger partial charge in [-0.1, -0.05) is 12.1 Å². The van der Waals surface area contributed by atoms with Gasteiger partial charge in [0.05, 0.1) is 13.2 Å². The molecule has 0 saturated heterocycles. The predicted octanol–water partition coefficient (Wildman–Crippen LogP) is 2.48. The maximum atomic E-state index is 11.9. The number of carbonyl (C=O) groups excluding carboxylic acids is 2. The summed E-state index contributed by atoms with van der Waals surface area (Å²) in [6.45, 7) is 7.13. The summed E-state index contributed by atoms with van der Waals surface area (Å²) in [5.74, 6) is 0.262. The Labute approximate surface area is 159 Å². The summed E-state index contributed by atoms with van der Waals surface area (Å²) < 4.78 is 11.1. The Hall–Kier alpha value is -3.09. The zero-order valence-corrected chi connectivity index (χ0v) is 15.9. The van der Waals surface area contributed by atoms with Gasteiger partial charge in [-0.25, -0.2) is 4.98 Å². The van der Waals surface area contributed by atoms with Crippen molar-refractivity contribution in [2.45, 2.75) is 27.2 Å². The van der Waals surface area contributed by atoms with Crippen molar-refractivity contribution >= 4 is 17.6 Å². The van der Waals surface area contributed by atoms with Crippen LogP contribution in [0.4, 0.5) is 5.82 Å². The van der Waals surface area contributed by atoms with Crippen molar-refractivity contribution in [3.63, 3.8) is 0 Å². The number of hydrogen-bond donors (Lipinski definition) is 2. The molecule has 2 amide bonds. The van der Waals surface area contributed by atoms with Crippen molar-refractivity contribution in [3.05, 3.63) is 47.7 Å². The van der Waals surface area contributed by atoms with Crippen molar-refractivity contribution in [3.8, 4) is 11.5 Å². The van der Waals surface area contributed by atoms with Gasteiger partial charge < -0.3 is 20.1 Å². The number of aryl methyl sites for hydroxylation is 1. The van der Waals surface area contributed by atoms with Gasteiger partial charge in [-0.2, -0.15) is 0 Å². The average molecular weight is 371 g/mol. The summed E-state index contributed by atoms with van der Waals surface area (Å²) in [6, 6.07) is 9.10. The smallest absolute Gasteiger partial charge is 0.314 e. The van der Waals surface area contributed by atoms with E-state index in [1.807, 2.05) is 45.0 Å². The monoisotopic (exact) mass is 371 g/mol. The number of rotatable bonds is 8. The van der Waals surface area contributed by atoms with Crippen LogP contribution in [0.25, 0.3) is 0 Å². The number of nitrogens with one attached hydrogen (secondary N) is 2. The maximum absolute atomic E-state index is 11.9. The minimum atomic E-state index is -0.743. The average Bonchev–Trinajstić information content (AvgIpc) is 2.66. The molecule has 0 bridgehead atoms. The molecule has 2 rings (SSSR count). The van der Waals surface area contributed by atoms with E-state index in [2.05, 4.69) is 15.6 Å². The Morgan fingerprint density at radius 1 is 1.00 bits per heavy atom. The molecule has 2 N–H and O–H groups in total. The number of carbonyl (C=O) groups is 2. The molecule has 7 heteroatoms. The highest BCUT2D eigenvalue weighted by atomic mass is 16.5. The maximum Gasteiger partial charge on any atom is 0.314 e.